The molecule has 0 bridgehead atoms. The number of hydrogen-bond acceptors (Lipinski definition) is 3. The largest absolute Gasteiger partial charge is 0.347 e. The minimum absolute atomic E-state index is 0.0386. The Labute approximate surface area is 135 Å². The van der Waals surface area contributed by atoms with E-state index in [-0.39, 0.29) is 11.8 Å². The molecule has 6 heteroatoms. The van der Waals surface area contributed by atoms with E-state index in [0.29, 0.717) is 18.7 Å². The minimum Gasteiger partial charge on any atom is -0.347 e. The van der Waals surface area contributed by atoms with Crippen molar-refractivity contribution < 1.29 is 9.59 Å². The summed E-state index contributed by atoms with van der Waals surface area (Å²) in [5, 5.41) is 0. The molecule has 0 radical (unpaired) electrons. The third-order valence-electron chi connectivity index (χ3n) is 4.65. The summed E-state index contributed by atoms with van der Waals surface area (Å²) in [7, 11) is 3.45. The van der Waals surface area contributed by atoms with Crippen molar-refractivity contribution >= 4 is 17.5 Å². The molecule has 0 spiro atoms. The Morgan fingerprint density at radius 2 is 2.09 bits per heavy atom. The van der Waals surface area contributed by atoms with Gasteiger partial charge in [-0.1, -0.05) is 6.07 Å². The lowest BCUT2D eigenvalue weighted by molar-refractivity contribution is -0.138. The summed E-state index contributed by atoms with van der Waals surface area (Å²) < 4.78 is 1.85. The van der Waals surface area contributed by atoms with Crippen LogP contribution in [-0.4, -0.2) is 57.2 Å². The summed E-state index contributed by atoms with van der Waals surface area (Å²) >= 11 is 0. The van der Waals surface area contributed by atoms with E-state index in [4.69, 9.17) is 0 Å². The van der Waals surface area contributed by atoms with Crippen LogP contribution in [0.15, 0.2) is 24.5 Å². The summed E-state index contributed by atoms with van der Waals surface area (Å²) in [5.74, 6) is -0.216. The third kappa shape index (κ3) is 2.38. The first-order valence-electron chi connectivity index (χ1n) is 7.82. The van der Waals surface area contributed by atoms with Crippen LogP contribution in [0.2, 0.25) is 0 Å². The van der Waals surface area contributed by atoms with Gasteiger partial charge < -0.3 is 14.2 Å². The standard InChI is InChI=1S/C17H22N4O2/c1-12-7-5-9-20-11-13(18-14(12)20)15(22)21-10-6-8-17(21,2)16(23)19(3)4/h5,7,9,11H,6,8,10H2,1-4H3/t17-/m1/s1. The molecular formula is C17H22N4O2. The number of likely N-dealkylation sites (N-methyl/N-ethyl adjacent to an activating group) is 1. The maximum absolute atomic E-state index is 12.9. The van der Waals surface area contributed by atoms with Crippen LogP contribution in [0.3, 0.4) is 0 Å². The number of aromatic nitrogens is 2. The van der Waals surface area contributed by atoms with Crippen LogP contribution in [0.4, 0.5) is 0 Å². The van der Waals surface area contributed by atoms with Crippen molar-refractivity contribution in [2.45, 2.75) is 32.2 Å². The number of rotatable bonds is 2. The van der Waals surface area contributed by atoms with Crippen LogP contribution in [0.5, 0.6) is 0 Å². The van der Waals surface area contributed by atoms with Gasteiger partial charge in [0.15, 0.2) is 0 Å². The van der Waals surface area contributed by atoms with E-state index in [9.17, 15) is 9.59 Å². The van der Waals surface area contributed by atoms with E-state index in [0.717, 1.165) is 17.6 Å². The quantitative estimate of drug-likeness (QED) is 0.848. The monoisotopic (exact) mass is 314 g/mol. The number of carbonyl (C=O) groups is 2. The Balaban J connectivity index is 1.98. The molecule has 0 saturated carbocycles. The molecule has 2 aromatic heterocycles. The Kier molecular flexibility index (Phi) is 3.62. The predicted octanol–water partition coefficient (Wildman–Crippen LogP) is 1.73. The second-order valence-corrected chi connectivity index (χ2v) is 6.58. The molecule has 1 aliphatic heterocycles. The number of carbonyl (C=O) groups excluding carboxylic acids is 2. The average Bonchev–Trinajstić information content (AvgIpc) is 3.11. The zero-order chi connectivity index (χ0) is 16.8. The van der Waals surface area contributed by atoms with Gasteiger partial charge in [-0.3, -0.25) is 9.59 Å². The molecule has 6 nitrogen and oxygen atoms in total. The summed E-state index contributed by atoms with van der Waals surface area (Å²) in [6.45, 7) is 4.40. The molecular weight excluding hydrogens is 292 g/mol. The second-order valence-electron chi connectivity index (χ2n) is 6.58. The lowest BCUT2D eigenvalue weighted by Crippen LogP contribution is -2.55. The Bertz CT molecular complexity index is 780. The van der Waals surface area contributed by atoms with Gasteiger partial charge in [0.05, 0.1) is 0 Å². The van der Waals surface area contributed by atoms with Gasteiger partial charge in [-0.15, -0.1) is 0 Å². The van der Waals surface area contributed by atoms with Crippen molar-refractivity contribution in [2.75, 3.05) is 20.6 Å². The molecule has 3 heterocycles. The number of amides is 2. The number of likely N-dealkylation sites (tertiary alicyclic amines) is 1. The fourth-order valence-electron chi connectivity index (χ4n) is 3.39. The van der Waals surface area contributed by atoms with Crippen molar-refractivity contribution in [1.82, 2.24) is 19.2 Å². The molecule has 0 aromatic carbocycles. The van der Waals surface area contributed by atoms with Gasteiger partial charge in [-0.25, -0.2) is 4.98 Å². The van der Waals surface area contributed by atoms with E-state index in [1.54, 1.807) is 30.1 Å². The Hall–Kier alpha value is -2.37. The normalized spacial score (nSPS) is 21.0. The SMILES string of the molecule is Cc1cccn2cc(C(=O)N3CCC[C@]3(C)C(=O)N(C)C)nc12. The maximum atomic E-state index is 12.9. The fraction of sp³-hybridized carbons (Fsp3) is 0.471. The van der Waals surface area contributed by atoms with Gasteiger partial charge in [0.1, 0.15) is 16.9 Å². The predicted molar refractivity (Wildman–Crippen MR) is 87.3 cm³/mol. The highest BCUT2D eigenvalue weighted by atomic mass is 16.2. The number of fused-ring (bicyclic) bond motifs is 1. The van der Waals surface area contributed by atoms with Crippen molar-refractivity contribution in [3.63, 3.8) is 0 Å². The van der Waals surface area contributed by atoms with Crippen molar-refractivity contribution in [3.8, 4) is 0 Å². The lowest BCUT2D eigenvalue weighted by Gasteiger charge is -2.35. The Morgan fingerprint density at radius 1 is 1.35 bits per heavy atom. The van der Waals surface area contributed by atoms with E-state index >= 15 is 0 Å². The van der Waals surface area contributed by atoms with E-state index in [2.05, 4.69) is 4.98 Å². The van der Waals surface area contributed by atoms with E-state index in [1.165, 1.54) is 0 Å². The Morgan fingerprint density at radius 3 is 2.74 bits per heavy atom. The molecule has 0 unspecified atom stereocenters. The van der Waals surface area contributed by atoms with E-state index < -0.39 is 5.54 Å². The average molecular weight is 314 g/mol. The molecule has 0 N–H and O–H groups in total. The first-order valence-corrected chi connectivity index (χ1v) is 7.82. The smallest absolute Gasteiger partial charge is 0.274 e. The third-order valence-corrected chi connectivity index (χ3v) is 4.65. The first-order chi connectivity index (χ1) is 10.8. The van der Waals surface area contributed by atoms with Crippen molar-refractivity contribution in [1.29, 1.82) is 0 Å². The van der Waals surface area contributed by atoms with Gasteiger partial charge in [-0.05, 0) is 38.3 Å². The van der Waals surface area contributed by atoms with Crippen LogP contribution in [0.25, 0.3) is 5.65 Å². The topological polar surface area (TPSA) is 57.9 Å². The first kappa shape index (κ1) is 15.5. The molecule has 1 saturated heterocycles. The molecule has 1 fully saturated rings. The summed E-state index contributed by atoms with van der Waals surface area (Å²) in [5.41, 5.74) is 1.39. The molecule has 1 aliphatic rings. The number of pyridine rings is 1. The lowest BCUT2D eigenvalue weighted by atomic mass is 9.97. The summed E-state index contributed by atoms with van der Waals surface area (Å²) in [6, 6.07) is 3.89. The van der Waals surface area contributed by atoms with Crippen LogP contribution < -0.4 is 0 Å². The van der Waals surface area contributed by atoms with Crippen LogP contribution in [-0.2, 0) is 4.79 Å². The second kappa shape index (κ2) is 5.37. The molecule has 1 atom stereocenters. The molecule has 2 aromatic rings. The van der Waals surface area contributed by atoms with Gasteiger partial charge in [0, 0.05) is 33.0 Å². The fourth-order valence-corrected chi connectivity index (χ4v) is 3.39. The van der Waals surface area contributed by atoms with Crippen molar-refractivity contribution in [2.24, 2.45) is 0 Å². The van der Waals surface area contributed by atoms with Gasteiger partial charge in [-0.2, -0.15) is 0 Å². The highest BCUT2D eigenvalue weighted by molar-refractivity contribution is 5.98. The van der Waals surface area contributed by atoms with Gasteiger partial charge >= 0.3 is 0 Å². The number of nitrogens with zero attached hydrogens (tertiary/aromatic N) is 4. The van der Waals surface area contributed by atoms with Crippen LogP contribution in [0, 0.1) is 6.92 Å². The van der Waals surface area contributed by atoms with Gasteiger partial charge in [0.25, 0.3) is 5.91 Å². The number of imidazole rings is 1. The van der Waals surface area contributed by atoms with Gasteiger partial charge in [0.2, 0.25) is 5.91 Å². The zero-order valence-corrected chi connectivity index (χ0v) is 14.0. The molecule has 122 valence electrons. The number of aryl methyl sites for hydroxylation is 1. The maximum Gasteiger partial charge on any atom is 0.274 e. The zero-order valence-electron chi connectivity index (χ0n) is 14.0. The summed E-state index contributed by atoms with van der Waals surface area (Å²) in [4.78, 5) is 33.2. The molecule has 2 amide bonds. The highest BCUT2D eigenvalue weighted by Gasteiger charge is 2.47. The van der Waals surface area contributed by atoms with E-state index in [1.807, 2.05) is 36.6 Å². The summed E-state index contributed by atoms with van der Waals surface area (Å²) in [6.07, 6.45) is 5.13. The minimum atomic E-state index is -0.786. The van der Waals surface area contributed by atoms with Crippen molar-refractivity contribution in [3.05, 3.63) is 35.8 Å². The molecule has 0 aliphatic carbocycles. The highest BCUT2D eigenvalue weighted by Crippen LogP contribution is 2.32. The van der Waals surface area contributed by atoms with Crippen LogP contribution >= 0.6 is 0 Å². The molecule has 23 heavy (non-hydrogen) atoms. The molecule has 3 rings (SSSR count). The van der Waals surface area contributed by atoms with Crippen LogP contribution in [0.1, 0.15) is 35.8 Å². The number of hydrogen-bond donors (Lipinski definition) is 0.